The summed E-state index contributed by atoms with van der Waals surface area (Å²) in [6.07, 6.45) is 11.9. The minimum Gasteiger partial charge on any atom is -0.0693 e. The van der Waals surface area contributed by atoms with Crippen LogP contribution < -0.4 is 0 Å². The quantitative estimate of drug-likeness (QED) is 0.624. The Balaban J connectivity index is 1.93. The van der Waals surface area contributed by atoms with Gasteiger partial charge in [0.25, 0.3) is 0 Å². The molecule has 0 saturated carbocycles. The summed E-state index contributed by atoms with van der Waals surface area (Å²) in [5, 5.41) is 2.73. The molecule has 0 radical (unpaired) electrons. The lowest BCUT2D eigenvalue weighted by atomic mass is 9.70. The van der Waals surface area contributed by atoms with E-state index >= 15 is 0 Å². The number of hydrogen-bond acceptors (Lipinski definition) is 0. The van der Waals surface area contributed by atoms with Crippen molar-refractivity contribution in [2.24, 2.45) is 0 Å². The van der Waals surface area contributed by atoms with E-state index in [1.807, 2.05) is 0 Å². The first-order valence-electron chi connectivity index (χ1n) is 7.02. The number of allylic oxidation sites excluding steroid dienone is 5. The zero-order chi connectivity index (χ0) is 12.4. The zero-order valence-corrected chi connectivity index (χ0v) is 10.7. The van der Waals surface area contributed by atoms with Gasteiger partial charge in [-0.2, -0.15) is 0 Å². The summed E-state index contributed by atoms with van der Waals surface area (Å²) in [6, 6.07) is 13.3. The smallest absolute Gasteiger partial charge is 0.0397 e. The zero-order valence-electron chi connectivity index (χ0n) is 10.7. The van der Waals surface area contributed by atoms with Crippen molar-refractivity contribution < 1.29 is 0 Å². The van der Waals surface area contributed by atoms with E-state index in [1.54, 1.807) is 11.1 Å². The van der Waals surface area contributed by atoms with Gasteiger partial charge in [0.05, 0.1) is 0 Å². The normalized spacial score (nSPS) is 26.1. The molecule has 2 aromatic carbocycles. The van der Waals surface area contributed by atoms with Gasteiger partial charge in [-0.3, -0.25) is 0 Å². The van der Waals surface area contributed by atoms with Crippen molar-refractivity contribution in [1.29, 1.82) is 0 Å². The summed E-state index contributed by atoms with van der Waals surface area (Å²) in [6.45, 7) is 0. The maximum atomic E-state index is 2.43. The Morgan fingerprint density at radius 2 is 1.84 bits per heavy atom. The molecular weight excluding hydrogens is 228 g/mol. The molecule has 19 heavy (non-hydrogen) atoms. The Morgan fingerprint density at radius 3 is 2.74 bits per heavy atom. The lowest BCUT2D eigenvalue weighted by Crippen LogP contribution is -2.24. The molecule has 0 amide bonds. The third kappa shape index (κ3) is 1.02. The lowest BCUT2D eigenvalue weighted by molar-refractivity contribution is 0.618. The fourth-order valence-electron chi connectivity index (χ4n) is 4.13. The monoisotopic (exact) mass is 242 g/mol. The highest BCUT2D eigenvalue weighted by Crippen LogP contribution is 2.55. The first-order valence-corrected chi connectivity index (χ1v) is 7.02. The molecule has 0 aromatic heterocycles. The van der Waals surface area contributed by atoms with Crippen molar-refractivity contribution >= 4 is 16.8 Å². The molecule has 0 saturated heterocycles. The van der Waals surface area contributed by atoms with Gasteiger partial charge in [-0.25, -0.2) is 0 Å². The second-order valence-electron chi connectivity index (χ2n) is 5.82. The van der Waals surface area contributed by atoms with Crippen LogP contribution in [0.1, 0.15) is 24.0 Å². The van der Waals surface area contributed by atoms with Crippen LogP contribution in [-0.2, 0) is 5.41 Å². The van der Waals surface area contributed by atoms with Crippen molar-refractivity contribution in [1.82, 2.24) is 0 Å². The first-order chi connectivity index (χ1) is 9.38. The largest absolute Gasteiger partial charge is 0.0693 e. The number of hydrogen-bond donors (Lipinski definition) is 0. The highest BCUT2D eigenvalue weighted by atomic mass is 14.5. The van der Waals surface area contributed by atoms with Gasteiger partial charge in [-0.15, -0.1) is 0 Å². The van der Waals surface area contributed by atoms with Crippen LogP contribution >= 0.6 is 0 Å². The van der Waals surface area contributed by atoms with Crippen LogP contribution in [0.3, 0.4) is 0 Å². The Hall–Kier alpha value is -2.08. The van der Waals surface area contributed by atoms with E-state index in [9.17, 15) is 0 Å². The highest BCUT2D eigenvalue weighted by Gasteiger charge is 2.44. The summed E-state index contributed by atoms with van der Waals surface area (Å²) >= 11 is 0. The molecule has 0 heterocycles. The molecule has 0 spiro atoms. The molecule has 0 N–H and O–H groups in total. The maximum absolute atomic E-state index is 2.43. The number of fused-ring (bicyclic) bond motifs is 3. The second kappa shape index (κ2) is 3.08. The maximum Gasteiger partial charge on any atom is 0.0397 e. The Morgan fingerprint density at radius 1 is 0.895 bits per heavy atom. The van der Waals surface area contributed by atoms with Crippen molar-refractivity contribution in [3.8, 4) is 0 Å². The fourth-order valence-corrected chi connectivity index (χ4v) is 4.13. The van der Waals surface area contributed by atoms with E-state index in [-0.39, 0.29) is 5.41 Å². The molecule has 1 unspecified atom stereocenters. The molecule has 0 fully saturated rings. The van der Waals surface area contributed by atoms with Gasteiger partial charge in [0, 0.05) is 5.41 Å². The predicted octanol–water partition coefficient (Wildman–Crippen LogP) is 4.76. The molecule has 1 atom stereocenters. The van der Waals surface area contributed by atoms with Gasteiger partial charge in [0.1, 0.15) is 0 Å². The summed E-state index contributed by atoms with van der Waals surface area (Å²) in [5.41, 5.74) is 6.23. The van der Waals surface area contributed by atoms with Crippen LogP contribution in [0.2, 0.25) is 0 Å². The average molecular weight is 242 g/mol. The highest BCUT2D eigenvalue weighted by molar-refractivity contribution is 5.95. The molecular formula is C19H14. The molecule has 3 aliphatic rings. The van der Waals surface area contributed by atoms with E-state index in [4.69, 9.17) is 0 Å². The van der Waals surface area contributed by atoms with Crippen molar-refractivity contribution in [3.63, 3.8) is 0 Å². The topological polar surface area (TPSA) is 0 Å². The Kier molecular flexibility index (Phi) is 1.59. The van der Waals surface area contributed by atoms with Crippen LogP contribution in [0.5, 0.6) is 0 Å². The summed E-state index contributed by atoms with van der Waals surface area (Å²) < 4.78 is 0. The molecule has 90 valence electrons. The fraction of sp³-hybridized carbons (Fsp3) is 0.158. The summed E-state index contributed by atoms with van der Waals surface area (Å²) in [5.74, 6) is 0. The average Bonchev–Trinajstić information content (AvgIpc) is 3.02. The molecule has 0 aliphatic heterocycles. The van der Waals surface area contributed by atoms with Crippen molar-refractivity contribution in [2.75, 3.05) is 0 Å². The van der Waals surface area contributed by atoms with Gasteiger partial charge in [-0.1, -0.05) is 60.7 Å². The summed E-state index contributed by atoms with van der Waals surface area (Å²) in [4.78, 5) is 0. The molecule has 0 nitrogen and oxygen atoms in total. The van der Waals surface area contributed by atoms with Gasteiger partial charge >= 0.3 is 0 Å². The van der Waals surface area contributed by atoms with Gasteiger partial charge < -0.3 is 0 Å². The standard InChI is InChI=1S/C19H14/c1-2-4-15-13(3-1)5-7-18-16(15)6-8-17-14-9-11-19(17,18)12-10-14/h1-9,11H,10,12H2. The molecule has 2 bridgehead atoms. The number of benzene rings is 2. The SMILES string of the molecule is C1=CC23CCC1=C2C=Cc1c3ccc2ccccc12. The minimum absolute atomic E-state index is 0.198. The first kappa shape index (κ1) is 9.80. The molecule has 0 heteroatoms. The lowest BCUT2D eigenvalue weighted by Gasteiger charge is -2.32. The van der Waals surface area contributed by atoms with Crippen LogP contribution in [-0.4, -0.2) is 0 Å². The van der Waals surface area contributed by atoms with E-state index in [1.165, 1.54) is 34.7 Å². The predicted molar refractivity (Wildman–Crippen MR) is 80.1 cm³/mol. The van der Waals surface area contributed by atoms with Crippen LogP contribution in [0, 0.1) is 0 Å². The second-order valence-corrected chi connectivity index (χ2v) is 5.82. The van der Waals surface area contributed by atoms with Crippen LogP contribution in [0.4, 0.5) is 0 Å². The molecule has 5 rings (SSSR count). The molecule has 2 aromatic rings. The third-order valence-electron chi connectivity index (χ3n) is 5.05. The van der Waals surface area contributed by atoms with Crippen molar-refractivity contribution in [3.05, 3.63) is 76.9 Å². The Bertz CT molecular complexity index is 817. The van der Waals surface area contributed by atoms with E-state index in [0.29, 0.717) is 0 Å². The van der Waals surface area contributed by atoms with Crippen molar-refractivity contribution in [2.45, 2.75) is 18.3 Å². The van der Waals surface area contributed by atoms with E-state index < -0.39 is 0 Å². The van der Waals surface area contributed by atoms with Crippen LogP contribution in [0.15, 0.2) is 65.8 Å². The van der Waals surface area contributed by atoms with Gasteiger partial charge in [0.2, 0.25) is 0 Å². The third-order valence-corrected chi connectivity index (χ3v) is 5.05. The Labute approximate surface area is 112 Å². The summed E-state index contributed by atoms with van der Waals surface area (Å²) in [7, 11) is 0. The molecule has 3 aliphatic carbocycles. The van der Waals surface area contributed by atoms with Crippen LogP contribution in [0.25, 0.3) is 16.8 Å². The van der Waals surface area contributed by atoms with Gasteiger partial charge in [-0.05, 0) is 45.9 Å². The number of rotatable bonds is 0. The minimum atomic E-state index is 0.198. The van der Waals surface area contributed by atoms with Gasteiger partial charge in [0.15, 0.2) is 0 Å². The van der Waals surface area contributed by atoms with E-state index in [0.717, 1.165) is 0 Å². The van der Waals surface area contributed by atoms with E-state index in [2.05, 4.69) is 60.7 Å².